The second-order valence-corrected chi connectivity index (χ2v) is 6.19. The van der Waals surface area contributed by atoms with E-state index in [0.717, 1.165) is 25.3 Å². The van der Waals surface area contributed by atoms with Crippen LogP contribution < -0.4 is 5.32 Å². The molecule has 2 fully saturated rings. The van der Waals surface area contributed by atoms with Gasteiger partial charge in [-0.05, 0) is 38.0 Å². The summed E-state index contributed by atoms with van der Waals surface area (Å²) in [5.41, 5.74) is 0. The van der Waals surface area contributed by atoms with Crippen molar-refractivity contribution in [2.24, 2.45) is 5.92 Å². The van der Waals surface area contributed by atoms with Crippen LogP contribution in [0.3, 0.4) is 0 Å². The van der Waals surface area contributed by atoms with Gasteiger partial charge in [-0.15, -0.1) is 0 Å². The van der Waals surface area contributed by atoms with E-state index >= 15 is 0 Å². The summed E-state index contributed by atoms with van der Waals surface area (Å²) in [4.78, 5) is 25.9. The number of carbonyl (C=O) groups excluding carboxylic acids is 2. The van der Waals surface area contributed by atoms with Gasteiger partial charge >= 0.3 is 0 Å². The minimum Gasteiger partial charge on any atom is -0.356 e. The van der Waals surface area contributed by atoms with Crippen molar-refractivity contribution in [3.63, 3.8) is 0 Å². The van der Waals surface area contributed by atoms with E-state index in [1.54, 1.807) is 0 Å². The summed E-state index contributed by atoms with van der Waals surface area (Å²) in [6.45, 7) is 3.40. The molecule has 2 aliphatic rings. The maximum Gasteiger partial charge on any atom is 0.224 e. The molecule has 1 N–H and O–H groups in total. The minimum absolute atomic E-state index is 0.0643. The third kappa shape index (κ3) is 3.97. The standard InChI is InChI=1S/C16H28N2O2/c1-2-6-15(19)17-11-10-16(20)18-12-5-8-13-7-3-4-9-14(13)18/h13-14H,2-12H2,1H3,(H,17,19). The van der Waals surface area contributed by atoms with Gasteiger partial charge in [-0.1, -0.05) is 19.8 Å². The summed E-state index contributed by atoms with van der Waals surface area (Å²) >= 11 is 0. The number of amides is 2. The molecule has 0 aromatic rings. The first-order valence-corrected chi connectivity index (χ1v) is 8.28. The number of rotatable bonds is 5. The van der Waals surface area contributed by atoms with Gasteiger partial charge in [0.1, 0.15) is 0 Å². The molecule has 1 heterocycles. The number of nitrogens with one attached hydrogen (secondary N) is 1. The SMILES string of the molecule is CCCC(=O)NCCC(=O)N1CCCC2CCCCC21. The Bertz CT molecular complexity index is 341. The van der Waals surface area contributed by atoms with E-state index in [1.807, 2.05) is 6.92 Å². The molecule has 0 bridgehead atoms. The largest absolute Gasteiger partial charge is 0.356 e. The van der Waals surface area contributed by atoms with Gasteiger partial charge in [0.05, 0.1) is 0 Å². The lowest BCUT2D eigenvalue weighted by Crippen LogP contribution is -2.50. The van der Waals surface area contributed by atoms with E-state index in [4.69, 9.17) is 0 Å². The smallest absolute Gasteiger partial charge is 0.224 e. The molecule has 0 aromatic heterocycles. The van der Waals surface area contributed by atoms with E-state index < -0.39 is 0 Å². The lowest BCUT2D eigenvalue weighted by molar-refractivity contribution is -0.137. The first kappa shape index (κ1) is 15.3. The first-order valence-electron chi connectivity index (χ1n) is 8.28. The van der Waals surface area contributed by atoms with Crippen LogP contribution in [0.25, 0.3) is 0 Å². The van der Waals surface area contributed by atoms with Crippen molar-refractivity contribution in [3.05, 3.63) is 0 Å². The molecular formula is C16H28N2O2. The van der Waals surface area contributed by atoms with Gasteiger partial charge in [-0.2, -0.15) is 0 Å². The molecule has 2 atom stereocenters. The number of nitrogens with zero attached hydrogens (tertiary/aromatic N) is 1. The Morgan fingerprint density at radius 1 is 1.10 bits per heavy atom. The zero-order chi connectivity index (χ0) is 14.4. The number of carbonyl (C=O) groups is 2. The van der Waals surface area contributed by atoms with E-state index in [0.29, 0.717) is 25.4 Å². The van der Waals surface area contributed by atoms with Crippen molar-refractivity contribution in [2.45, 2.75) is 70.8 Å². The molecule has 2 rings (SSSR count). The topological polar surface area (TPSA) is 49.4 Å². The molecule has 0 radical (unpaired) electrons. The fourth-order valence-corrected chi connectivity index (χ4v) is 3.70. The van der Waals surface area contributed by atoms with Crippen molar-refractivity contribution in [1.82, 2.24) is 10.2 Å². The summed E-state index contributed by atoms with van der Waals surface area (Å²) in [6, 6.07) is 0.483. The minimum atomic E-state index is 0.0643. The molecule has 1 aliphatic carbocycles. The molecule has 1 aliphatic heterocycles. The van der Waals surface area contributed by atoms with Crippen molar-refractivity contribution in [2.75, 3.05) is 13.1 Å². The number of hydrogen-bond donors (Lipinski definition) is 1. The molecule has 0 aromatic carbocycles. The highest BCUT2D eigenvalue weighted by molar-refractivity contribution is 5.79. The molecular weight excluding hydrogens is 252 g/mol. The highest BCUT2D eigenvalue weighted by atomic mass is 16.2. The van der Waals surface area contributed by atoms with Gasteiger partial charge in [-0.3, -0.25) is 9.59 Å². The van der Waals surface area contributed by atoms with Crippen molar-refractivity contribution >= 4 is 11.8 Å². The van der Waals surface area contributed by atoms with Crippen LogP contribution in [-0.2, 0) is 9.59 Å². The van der Waals surface area contributed by atoms with E-state index in [1.165, 1.54) is 32.1 Å². The fraction of sp³-hybridized carbons (Fsp3) is 0.875. The van der Waals surface area contributed by atoms with Crippen LogP contribution in [0.2, 0.25) is 0 Å². The van der Waals surface area contributed by atoms with E-state index in [9.17, 15) is 9.59 Å². The molecule has 114 valence electrons. The monoisotopic (exact) mass is 280 g/mol. The Morgan fingerprint density at radius 3 is 2.65 bits per heavy atom. The van der Waals surface area contributed by atoms with Crippen molar-refractivity contribution in [3.8, 4) is 0 Å². The zero-order valence-corrected chi connectivity index (χ0v) is 12.7. The average Bonchev–Trinajstić information content (AvgIpc) is 2.47. The van der Waals surface area contributed by atoms with Gasteiger partial charge in [0.2, 0.25) is 11.8 Å². The Balaban J connectivity index is 1.77. The number of fused-ring (bicyclic) bond motifs is 1. The summed E-state index contributed by atoms with van der Waals surface area (Å²) in [5.74, 6) is 1.03. The molecule has 2 unspecified atom stereocenters. The van der Waals surface area contributed by atoms with Crippen LogP contribution in [0.5, 0.6) is 0 Å². The van der Waals surface area contributed by atoms with Crippen molar-refractivity contribution < 1.29 is 9.59 Å². The van der Waals surface area contributed by atoms with E-state index in [-0.39, 0.29) is 11.8 Å². The molecule has 20 heavy (non-hydrogen) atoms. The average molecular weight is 280 g/mol. The second kappa shape index (κ2) is 7.65. The number of likely N-dealkylation sites (tertiary alicyclic amines) is 1. The van der Waals surface area contributed by atoms with Crippen LogP contribution in [0.4, 0.5) is 0 Å². The Labute approximate surface area is 122 Å². The van der Waals surface area contributed by atoms with Crippen LogP contribution in [-0.4, -0.2) is 35.8 Å². The summed E-state index contributed by atoms with van der Waals surface area (Å²) in [7, 11) is 0. The second-order valence-electron chi connectivity index (χ2n) is 6.19. The van der Waals surface area contributed by atoms with Gasteiger partial charge in [-0.25, -0.2) is 0 Å². The Morgan fingerprint density at radius 2 is 1.85 bits per heavy atom. The third-order valence-electron chi connectivity index (χ3n) is 4.70. The Kier molecular flexibility index (Phi) is 5.86. The number of piperidine rings is 1. The molecule has 1 saturated carbocycles. The lowest BCUT2D eigenvalue weighted by atomic mass is 9.78. The quantitative estimate of drug-likeness (QED) is 0.841. The van der Waals surface area contributed by atoms with Gasteiger partial charge in [0, 0.05) is 32.0 Å². The Hall–Kier alpha value is -1.06. The first-order chi connectivity index (χ1) is 9.72. The van der Waals surface area contributed by atoms with Crippen LogP contribution in [0, 0.1) is 5.92 Å². The molecule has 4 heteroatoms. The van der Waals surface area contributed by atoms with Gasteiger partial charge in [0.15, 0.2) is 0 Å². The third-order valence-corrected chi connectivity index (χ3v) is 4.70. The zero-order valence-electron chi connectivity index (χ0n) is 12.7. The highest BCUT2D eigenvalue weighted by Gasteiger charge is 2.35. The number of hydrogen-bond acceptors (Lipinski definition) is 2. The molecule has 4 nitrogen and oxygen atoms in total. The summed E-state index contributed by atoms with van der Waals surface area (Å²) < 4.78 is 0. The summed E-state index contributed by atoms with van der Waals surface area (Å²) in [6.07, 6.45) is 9.38. The lowest BCUT2D eigenvalue weighted by Gasteiger charge is -2.44. The normalized spacial score (nSPS) is 25.9. The predicted molar refractivity (Wildman–Crippen MR) is 79.2 cm³/mol. The molecule has 1 saturated heterocycles. The van der Waals surface area contributed by atoms with Gasteiger partial charge in [0.25, 0.3) is 0 Å². The highest BCUT2D eigenvalue weighted by Crippen LogP contribution is 2.35. The molecule has 0 spiro atoms. The van der Waals surface area contributed by atoms with Crippen LogP contribution in [0.15, 0.2) is 0 Å². The fourth-order valence-electron chi connectivity index (χ4n) is 3.70. The van der Waals surface area contributed by atoms with E-state index in [2.05, 4.69) is 10.2 Å². The van der Waals surface area contributed by atoms with Crippen LogP contribution >= 0.6 is 0 Å². The summed E-state index contributed by atoms with van der Waals surface area (Å²) in [5, 5.41) is 2.84. The molecule has 2 amide bonds. The van der Waals surface area contributed by atoms with Crippen molar-refractivity contribution in [1.29, 1.82) is 0 Å². The maximum absolute atomic E-state index is 12.4. The van der Waals surface area contributed by atoms with Gasteiger partial charge < -0.3 is 10.2 Å². The predicted octanol–water partition coefficient (Wildman–Crippen LogP) is 2.47. The maximum atomic E-state index is 12.4. The van der Waals surface area contributed by atoms with Crippen LogP contribution in [0.1, 0.15) is 64.7 Å².